The van der Waals surface area contributed by atoms with Gasteiger partial charge in [-0.15, -0.1) is 0 Å². The predicted octanol–water partition coefficient (Wildman–Crippen LogP) is 3.81. The first kappa shape index (κ1) is 16.5. The van der Waals surface area contributed by atoms with E-state index in [1.807, 2.05) is 0 Å². The molecule has 1 aromatic heterocycles. The quantitative estimate of drug-likeness (QED) is 0.731. The minimum atomic E-state index is 0.0231. The number of fused-ring (bicyclic) bond motifs is 4. The van der Waals surface area contributed by atoms with Crippen LogP contribution in [0.25, 0.3) is 5.69 Å². The second-order valence-corrected chi connectivity index (χ2v) is 9.56. The molecule has 2 aromatic rings. The van der Waals surface area contributed by atoms with Gasteiger partial charge in [0.1, 0.15) is 24.4 Å². The zero-order valence-electron chi connectivity index (χ0n) is 16.7. The topological polar surface area (TPSA) is 30.9 Å². The maximum atomic E-state index is 6.55. The minimum absolute atomic E-state index is 0.0231. The van der Waals surface area contributed by atoms with Gasteiger partial charge in [0.25, 0.3) is 0 Å². The number of hydrogen-bond donors (Lipinski definition) is 0. The minimum Gasteiger partial charge on any atom is -0.360 e. The van der Waals surface area contributed by atoms with Crippen LogP contribution in [-0.4, -0.2) is 15.4 Å². The number of hydrogen-bond acceptors (Lipinski definition) is 2. The molecule has 0 radical (unpaired) electrons. The van der Waals surface area contributed by atoms with Gasteiger partial charge in [0.2, 0.25) is 6.33 Å². The zero-order valence-corrected chi connectivity index (χ0v) is 16.7. The maximum Gasteiger partial charge on any atom is 0.303 e. The van der Waals surface area contributed by atoms with Gasteiger partial charge in [-0.25, -0.2) is 4.57 Å². The molecule has 138 valence electrons. The SMILES string of the molecule is Cc1cc(C)c(-n2c[n+]3c(n2)COC2(CC4CC[C@H]2C4(C)C)C3)c(C)c1. The average Bonchev–Trinajstić information content (AvgIpc) is 3.13. The van der Waals surface area contributed by atoms with Gasteiger partial charge < -0.3 is 4.74 Å². The summed E-state index contributed by atoms with van der Waals surface area (Å²) < 4.78 is 11.0. The van der Waals surface area contributed by atoms with E-state index < -0.39 is 0 Å². The summed E-state index contributed by atoms with van der Waals surface area (Å²) in [5.41, 5.74) is 5.51. The summed E-state index contributed by atoms with van der Waals surface area (Å²) >= 11 is 0. The van der Waals surface area contributed by atoms with E-state index in [2.05, 4.69) is 62.3 Å². The van der Waals surface area contributed by atoms with Crippen molar-refractivity contribution in [2.45, 2.75) is 72.6 Å². The highest BCUT2D eigenvalue weighted by atomic mass is 16.5. The van der Waals surface area contributed by atoms with Crippen molar-refractivity contribution in [1.82, 2.24) is 9.78 Å². The number of aryl methyl sites for hydroxylation is 3. The maximum absolute atomic E-state index is 6.55. The summed E-state index contributed by atoms with van der Waals surface area (Å²) in [5.74, 6) is 2.54. The summed E-state index contributed by atoms with van der Waals surface area (Å²) in [6.45, 7) is 13.0. The van der Waals surface area contributed by atoms with Gasteiger partial charge in [0, 0.05) is 5.10 Å². The van der Waals surface area contributed by atoms with E-state index in [-0.39, 0.29) is 5.60 Å². The van der Waals surface area contributed by atoms with E-state index in [1.165, 1.54) is 41.6 Å². The fraction of sp³-hybridized carbons (Fsp3) is 0.636. The van der Waals surface area contributed by atoms with Crippen molar-refractivity contribution < 1.29 is 9.30 Å². The molecule has 1 aromatic carbocycles. The van der Waals surface area contributed by atoms with Crippen LogP contribution in [0.3, 0.4) is 0 Å². The van der Waals surface area contributed by atoms with Gasteiger partial charge in [0.05, 0.1) is 0 Å². The van der Waals surface area contributed by atoms with Crippen molar-refractivity contribution in [2.24, 2.45) is 17.3 Å². The third kappa shape index (κ3) is 2.11. The van der Waals surface area contributed by atoms with Gasteiger partial charge in [-0.05, 0) is 68.4 Å². The van der Waals surface area contributed by atoms with Crippen LogP contribution < -0.4 is 4.57 Å². The summed E-state index contributed by atoms with van der Waals surface area (Å²) in [5, 5.41) is 4.88. The highest BCUT2D eigenvalue weighted by molar-refractivity contribution is 5.48. The Morgan fingerprint density at radius 1 is 1.15 bits per heavy atom. The van der Waals surface area contributed by atoms with E-state index in [9.17, 15) is 0 Å². The third-order valence-electron chi connectivity index (χ3n) is 7.58. The molecule has 4 heteroatoms. The normalized spacial score (nSPS) is 31.6. The largest absolute Gasteiger partial charge is 0.360 e. The molecule has 5 rings (SSSR count). The van der Waals surface area contributed by atoms with Crippen molar-refractivity contribution in [3.63, 3.8) is 0 Å². The smallest absolute Gasteiger partial charge is 0.303 e. The van der Waals surface area contributed by atoms with Gasteiger partial charge in [-0.3, -0.25) is 0 Å². The molecule has 26 heavy (non-hydrogen) atoms. The Labute approximate surface area is 156 Å². The first-order valence-electron chi connectivity index (χ1n) is 10.0. The molecular weight excluding hydrogens is 322 g/mol. The lowest BCUT2D eigenvalue weighted by atomic mass is 9.77. The predicted molar refractivity (Wildman–Crippen MR) is 100 cm³/mol. The molecule has 2 unspecified atom stereocenters. The third-order valence-corrected chi connectivity index (χ3v) is 7.58. The fourth-order valence-corrected chi connectivity index (χ4v) is 6.43. The van der Waals surface area contributed by atoms with Gasteiger partial charge >= 0.3 is 5.82 Å². The molecule has 3 atom stereocenters. The van der Waals surface area contributed by atoms with Crippen LogP contribution in [0.4, 0.5) is 0 Å². The zero-order chi connectivity index (χ0) is 18.3. The van der Waals surface area contributed by atoms with Crippen LogP contribution in [0.15, 0.2) is 18.5 Å². The Kier molecular flexibility index (Phi) is 3.29. The Morgan fingerprint density at radius 3 is 2.50 bits per heavy atom. The Hall–Kier alpha value is -1.68. The highest BCUT2D eigenvalue weighted by Crippen LogP contribution is 2.63. The van der Waals surface area contributed by atoms with Crippen LogP contribution in [0, 0.1) is 38.0 Å². The molecule has 2 heterocycles. The van der Waals surface area contributed by atoms with Crippen molar-refractivity contribution in [3.8, 4) is 5.69 Å². The van der Waals surface area contributed by atoms with Crippen LogP contribution in [0.1, 0.15) is 55.6 Å². The molecule has 4 nitrogen and oxygen atoms in total. The van der Waals surface area contributed by atoms with Crippen LogP contribution in [0.5, 0.6) is 0 Å². The molecule has 2 fully saturated rings. The second kappa shape index (κ2) is 5.19. The van der Waals surface area contributed by atoms with Crippen molar-refractivity contribution in [1.29, 1.82) is 0 Å². The molecule has 2 saturated carbocycles. The average molecular weight is 353 g/mol. The lowest BCUT2D eigenvalue weighted by Crippen LogP contribution is -2.58. The van der Waals surface area contributed by atoms with Crippen LogP contribution in [0.2, 0.25) is 0 Å². The Balaban J connectivity index is 1.52. The second-order valence-electron chi connectivity index (χ2n) is 9.56. The molecule has 2 bridgehead atoms. The van der Waals surface area contributed by atoms with Gasteiger partial charge in [-0.2, -0.15) is 0 Å². The summed E-state index contributed by atoms with van der Waals surface area (Å²) in [6.07, 6.45) is 6.10. The van der Waals surface area contributed by atoms with E-state index in [0.717, 1.165) is 18.3 Å². The molecular formula is C22H30N3O+. The summed E-state index contributed by atoms with van der Waals surface area (Å²) in [4.78, 5) is 0. The van der Waals surface area contributed by atoms with E-state index in [4.69, 9.17) is 9.84 Å². The lowest BCUT2D eigenvalue weighted by molar-refractivity contribution is -0.734. The molecule has 0 amide bonds. The van der Waals surface area contributed by atoms with Gasteiger partial charge in [0.15, 0.2) is 0 Å². The van der Waals surface area contributed by atoms with Crippen LogP contribution >= 0.6 is 0 Å². The summed E-state index contributed by atoms with van der Waals surface area (Å²) in [6, 6.07) is 4.48. The van der Waals surface area contributed by atoms with E-state index >= 15 is 0 Å². The Morgan fingerprint density at radius 2 is 1.88 bits per heavy atom. The standard InChI is InChI=1S/C22H30N3O/c1-14-8-15(2)20(16(3)9-14)25-13-24-12-22(26-11-19(24)23-25)10-17-6-7-18(22)21(17,4)5/h8-9,13,17-18H,6-7,10-12H2,1-5H3/q+1/t17?,18-,22?/m0/s1. The Bertz CT molecular complexity index is 874. The first-order valence-corrected chi connectivity index (χ1v) is 10.0. The first-order chi connectivity index (χ1) is 12.3. The van der Waals surface area contributed by atoms with Crippen molar-refractivity contribution in [3.05, 3.63) is 41.0 Å². The number of benzene rings is 1. The molecule has 2 aliphatic carbocycles. The molecule has 3 aliphatic rings. The van der Waals surface area contributed by atoms with E-state index in [1.54, 1.807) is 0 Å². The van der Waals surface area contributed by atoms with E-state index in [0.29, 0.717) is 17.9 Å². The van der Waals surface area contributed by atoms with Gasteiger partial charge in [-0.1, -0.05) is 36.2 Å². The number of aromatic nitrogens is 3. The fourth-order valence-electron chi connectivity index (χ4n) is 6.43. The molecule has 1 spiro atoms. The summed E-state index contributed by atoms with van der Waals surface area (Å²) in [7, 11) is 0. The molecule has 0 N–H and O–H groups in total. The van der Waals surface area contributed by atoms with Crippen LogP contribution in [-0.2, 0) is 17.9 Å². The number of rotatable bonds is 1. The molecule has 0 saturated heterocycles. The lowest BCUT2D eigenvalue weighted by Gasteiger charge is -2.40. The van der Waals surface area contributed by atoms with Crippen molar-refractivity contribution >= 4 is 0 Å². The van der Waals surface area contributed by atoms with Crippen molar-refractivity contribution in [2.75, 3.05) is 0 Å². The molecule has 1 aliphatic heterocycles. The number of ether oxygens (including phenoxy) is 1. The highest BCUT2D eigenvalue weighted by Gasteiger charge is 2.63. The monoisotopic (exact) mass is 352 g/mol. The number of nitrogens with zero attached hydrogens (tertiary/aromatic N) is 3.